The highest BCUT2D eigenvalue weighted by atomic mass is 32.2. The number of imidazole rings is 1. The molecule has 6 heteroatoms. The fourth-order valence-electron chi connectivity index (χ4n) is 3.23. The zero-order valence-electron chi connectivity index (χ0n) is 21.3. The molecule has 1 aromatic rings. The number of rotatable bonds is 16. The van der Waals surface area contributed by atoms with Crippen molar-refractivity contribution in [2.24, 2.45) is 0 Å². The van der Waals surface area contributed by atoms with Crippen LogP contribution in [0.5, 0.6) is 0 Å². The second-order valence-electron chi connectivity index (χ2n) is 9.00. The number of aromatic nitrogens is 2. The summed E-state index contributed by atoms with van der Waals surface area (Å²) >= 11 is 1.63. The van der Waals surface area contributed by atoms with Crippen LogP contribution in [-0.4, -0.2) is 38.6 Å². The zero-order chi connectivity index (χ0) is 24.6. The highest BCUT2D eigenvalue weighted by Crippen LogP contribution is 2.15. The maximum absolute atomic E-state index is 11.5. The maximum Gasteiger partial charge on any atom is 0.327 e. The van der Waals surface area contributed by atoms with E-state index in [1.807, 2.05) is 6.92 Å². The summed E-state index contributed by atoms with van der Waals surface area (Å²) in [6.45, 7) is 12.8. The Labute approximate surface area is 204 Å². The Morgan fingerprint density at radius 3 is 2.03 bits per heavy atom. The third kappa shape index (κ3) is 14.5. The average Bonchev–Trinajstić information content (AvgIpc) is 3.14. The SMILES string of the molecule is CC(C)=CCCC(C)=CCCC(C)=CCCC(C)=CCSCC(Nc1cnc(C)[nH]1)C(=O)O. The molecule has 0 saturated heterocycles. The summed E-state index contributed by atoms with van der Waals surface area (Å²) < 4.78 is 0. The number of hydrogen-bond donors (Lipinski definition) is 3. The van der Waals surface area contributed by atoms with Gasteiger partial charge in [0.15, 0.2) is 0 Å². The van der Waals surface area contributed by atoms with Crippen LogP contribution in [0.1, 0.15) is 79.0 Å². The van der Waals surface area contributed by atoms with Gasteiger partial charge in [-0.2, -0.15) is 11.8 Å². The Hall–Kier alpha value is -2.21. The van der Waals surface area contributed by atoms with Crippen LogP contribution in [0, 0.1) is 6.92 Å². The third-order valence-electron chi connectivity index (χ3n) is 5.32. The number of anilines is 1. The highest BCUT2D eigenvalue weighted by molar-refractivity contribution is 7.99. The third-order valence-corrected chi connectivity index (χ3v) is 6.29. The Balaban J connectivity index is 2.27. The first-order chi connectivity index (χ1) is 15.7. The number of aromatic amines is 1. The van der Waals surface area contributed by atoms with E-state index in [0.29, 0.717) is 11.6 Å². The summed E-state index contributed by atoms with van der Waals surface area (Å²) in [5, 5.41) is 12.4. The van der Waals surface area contributed by atoms with Crippen LogP contribution in [-0.2, 0) is 4.79 Å². The molecule has 0 aliphatic carbocycles. The normalized spacial score (nSPS) is 13.7. The monoisotopic (exact) mass is 473 g/mol. The van der Waals surface area contributed by atoms with E-state index in [0.717, 1.165) is 50.1 Å². The summed E-state index contributed by atoms with van der Waals surface area (Å²) in [6.07, 6.45) is 17.5. The molecule has 3 N–H and O–H groups in total. The van der Waals surface area contributed by atoms with Crippen LogP contribution >= 0.6 is 11.8 Å². The lowest BCUT2D eigenvalue weighted by Gasteiger charge is -2.13. The topological polar surface area (TPSA) is 78.0 Å². The molecule has 0 aromatic carbocycles. The molecular weight excluding hydrogens is 430 g/mol. The second-order valence-corrected chi connectivity index (χ2v) is 10.1. The van der Waals surface area contributed by atoms with Crippen LogP contribution in [0.4, 0.5) is 5.82 Å². The van der Waals surface area contributed by atoms with Crippen molar-refractivity contribution in [2.45, 2.75) is 86.1 Å². The molecule has 0 bridgehead atoms. The molecule has 0 spiro atoms. The summed E-state index contributed by atoms with van der Waals surface area (Å²) in [4.78, 5) is 18.6. The van der Waals surface area contributed by atoms with E-state index < -0.39 is 12.0 Å². The Bertz CT molecular complexity index is 845. The molecule has 0 radical (unpaired) electrons. The molecule has 1 atom stereocenters. The predicted octanol–water partition coefficient (Wildman–Crippen LogP) is 7.46. The fraction of sp³-hybridized carbons (Fsp3) is 0.556. The van der Waals surface area contributed by atoms with E-state index in [4.69, 9.17) is 0 Å². The number of thioether (sulfide) groups is 1. The van der Waals surface area contributed by atoms with Crippen LogP contribution in [0.3, 0.4) is 0 Å². The smallest absolute Gasteiger partial charge is 0.327 e. The molecule has 1 rings (SSSR count). The molecule has 0 fully saturated rings. The molecule has 5 nitrogen and oxygen atoms in total. The summed E-state index contributed by atoms with van der Waals surface area (Å²) in [5.74, 6) is 1.87. The Kier molecular flexibility index (Phi) is 14.3. The molecule has 0 amide bonds. The lowest BCUT2D eigenvalue weighted by Crippen LogP contribution is -2.31. The maximum atomic E-state index is 11.5. The van der Waals surface area contributed by atoms with Gasteiger partial charge < -0.3 is 15.4 Å². The quantitative estimate of drug-likeness (QED) is 0.171. The number of hydrogen-bond acceptors (Lipinski definition) is 4. The highest BCUT2D eigenvalue weighted by Gasteiger charge is 2.17. The Morgan fingerprint density at radius 1 is 1.00 bits per heavy atom. The lowest BCUT2D eigenvalue weighted by molar-refractivity contribution is -0.137. The minimum atomic E-state index is -0.853. The van der Waals surface area contributed by atoms with E-state index >= 15 is 0 Å². The van der Waals surface area contributed by atoms with Gasteiger partial charge in [0, 0.05) is 11.5 Å². The van der Waals surface area contributed by atoms with E-state index in [1.165, 1.54) is 22.3 Å². The number of aliphatic carboxylic acids is 1. The number of nitrogens with one attached hydrogen (secondary N) is 2. The van der Waals surface area contributed by atoms with Gasteiger partial charge in [-0.3, -0.25) is 0 Å². The lowest BCUT2D eigenvalue weighted by atomic mass is 10.0. The summed E-state index contributed by atoms with van der Waals surface area (Å²) in [5.41, 5.74) is 5.68. The number of nitrogens with zero attached hydrogens (tertiary/aromatic N) is 1. The standard InChI is InChI=1S/C27H43N3O2S/c1-20(2)10-7-11-21(3)12-8-13-22(4)14-9-15-23(5)16-17-33-19-25(27(31)32)30-26-18-28-24(6)29-26/h10,12,14,16,18,25,30H,7-9,11,13,15,17,19H2,1-6H3,(H,28,29)(H,31,32). The predicted molar refractivity (Wildman–Crippen MR) is 144 cm³/mol. The van der Waals surface area contributed by atoms with Gasteiger partial charge in [-0.1, -0.05) is 46.6 Å². The van der Waals surface area contributed by atoms with Gasteiger partial charge in [0.1, 0.15) is 17.7 Å². The molecule has 0 saturated carbocycles. The molecule has 1 aromatic heterocycles. The molecule has 33 heavy (non-hydrogen) atoms. The van der Waals surface area contributed by atoms with Gasteiger partial charge in [0.2, 0.25) is 0 Å². The molecule has 0 aliphatic rings. The summed E-state index contributed by atoms with van der Waals surface area (Å²) in [6, 6.07) is -0.640. The van der Waals surface area contributed by atoms with Crippen molar-refractivity contribution in [3.05, 3.63) is 58.6 Å². The minimum Gasteiger partial charge on any atom is -0.480 e. The fourth-order valence-corrected chi connectivity index (χ4v) is 4.23. The van der Waals surface area contributed by atoms with Gasteiger partial charge in [0.05, 0.1) is 6.20 Å². The van der Waals surface area contributed by atoms with Crippen molar-refractivity contribution in [2.75, 3.05) is 16.8 Å². The van der Waals surface area contributed by atoms with Crippen molar-refractivity contribution in [1.82, 2.24) is 9.97 Å². The number of carbonyl (C=O) groups is 1. The van der Waals surface area contributed by atoms with E-state index in [9.17, 15) is 9.90 Å². The van der Waals surface area contributed by atoms with Crippen molar-refractivity contribution in [3.63, 3.8) is 0 Å². The van der Waals surface area contributed by atoms with Crippen molar-refractivity contribution < 1.29 is 9.90 Å². The first kappa shape index (κ1) is 28.8. The molecule has 1 unspecified atom stereocenters. The van der Waals surface area contributed by atoms with Crippen LogP contribution in [0.25, 0.3) is 0 Å². The number of carboxylic acids is 1. The minimum absolute atomic E-state index is 0.497. The van der Waals surface area contributed by atoms with Crippen LogP contribution < -0.4 is 5.32 Å². The largest absolute Gasteiger partial charge is 0.480 e. The zero-order valence-corrected chi connectivity index (χ0v) is 22.1. The van der Waals surface area contributed by atoms with Gasteiger partial charge in [-0.15, -0.1) is 0 Å². The first-order valence-corrected chi connectivity index (χ1v) is 13.0. The summed E-state index contributed by atoms with van der Waals surface area (Å²) in [7, 11) is 0. The first-order valence-electron chi connectivity index (χ1n) is 11.9. The van der Waals surface area contributed by atoms with Crippen LogP contribution in [0.2, 0.25) is 0 Å². The number of H-pyrrole nitrogens is 1. The van der Waals surface area contributed by atoms with E-state index in [-0.39, 0.29) is 0 Å². The number of aryl methyl sites for hydroxylation is 1. The molecular formula is C27H43N3O2S. The number of allylic oxidation sites excluding steroid dienone is 7. The van der Waals surface area contributed by atoms with E-state index in [1.54, 1.807) is 18.0 Å². The van der Waals surface area contributed by atoms with Crippen molar-refractivity contribution in [1.29, 1.82) is 0 Å². The Morgan fingerprint density at radius 2 is 1.55 bits per heavy atom. The van der Waals surface area contributed by atoms with Crippen molar-refractivity contribution in [3.8, 4) is 0 Å². The van der Waals surface area contributed by atoms with Gasteiger partial charge in [0.25, 0.3) is 0 Å². The van der Waals surface area contributed by atoms with Gasteiger partial charge >= 0.3 is 5.97 Å². The molecule has 1 heterocycles. The van der Waals surface area contributed by atoms with Crippen molar-refractivity contribution >= 4 is 23.5 Å². The second kappa shape index (κ2) is 16.4. The van der Waals surface area contributed by atoms with Gasteiger partial charge in [-0.05, 0) is 80.1 Å². The van der Waals surface area contributed by atoms with Gasteiger partial charge in [-0.25, -0.2) is 9.78 Å². The average molecular weight is 474 g/mol. The molecule has 0 aliphatic heterocycles. The number of carboxylic acid groups (broad SMARTS) is 1. The van der Waals surface area contributed by atoms with E-state index in [2.05, 4.69) is 74.2 Å². The molecule has 184 valence electrons. The van der Waals surface area contributed by atoms with Crippen LogP contribution in [0.15, 0.2) is 52.8 Å².